The zero-order valence-corrected chi connectivity index (χ0v) is 11.6. The molecule has 1 aromatic carbocycles. The van der Waals surface area contributed by atoms with Crippen LogP contribution in [0.25, 0.3) is 16.9 Å². The molecule has 0 aliphatic heterocycles. The third kappa shape index (κ3) is 2.15. The number of nitrogens with zero attached hydrogens (tertiary/aromatic N) is 2. The van der Waals surface area contributed by atoms with E-state index in [0.717, 1.165) is 16.9 Å². The molecular weight excluding hydrogens is 283 g/mol. The molecule has 0 saturated carbocycles. The number of aromatic nitrogens is 2. The summed E-state index contributed by atoms with van der Waals surface area (Å²) in [4.78, 5) is 4.55. The average molecular weight is 293 g/mol. The van der Waals surface area contributed by atoms with Gasteiger partial charge in [-0.1, -0.05) is 23.2 Å². The summed E-state index contributed by atoms with van der Waals surface area (Å²) in [5, 5.41) is 1.25. The number of hydrogen-bond acceptors (Lipinski definition) is 2. The smallest absolute Gasteiger partial charge is 0.180 e. The van der Waals surface area contributed by atoms with Crippen molar-refractivity contribution in [2.75, 3.05) is 7.11 Å². The van der Waals surface area contributed by atoms with Crippen LogP contribution in [-0.2, 0) is 0 Å². The number of methoxy groups -OCH3 is 1. The van der Waals surface area contributed by atoms with Gasteiger partial charge < -0.3 is 9.14 Å². The van der Waals surface area contributed by atoms with Gasteiger partial charge in [0.2, 0.25) is 0 Å². The van der Waals surface area contributed by atoms with Gasteiger partial charge >= 0.3 is 0 Å². The minimum atomic E-state index is 0.617. The van der Waals surface area contributed by atoms with Crippen molar-refractivity contribution in [3.63, 3.8) is 0 Å². The van der Waals surface area contributed by atoms with E-state index in [2.05, 4.69) is 4.98 Å². The minimum Gasteiger partial charge on any atom is -0.493 e. The Bertz CT molecular complexity index is 752. The first-order valence-electron chi connectivity index (χ1n) is 5.66. The lowest BCUT2D eigenvalue weighted by Crippen LogP contribution is -1.88. The molecule has 0 aliphatic carbocycles. The minimum absolute atomic E-state index is 0.617. The maximum Gasteiger partial charge on any atom is 0.180 e. The fraction of sp³-hybridized carbons (Fsp3) is 0.0714. The second-order valence-electron chi connectivity index (χ2n) is 4.06. The first-order chi connectivity index (χ1) is 9.19. The van der Waals surface area contributed by atoms with Crippen molar-refractivity contribution in [2.24, 2.45) is 0 Å². The van der Waals surface area contributed by atoms with E-state index in [1.54, 1.807) is 25.3 Å². The summed E-state index contributed by atoms with van der Waals surface area (Å²) in [6.07, 6.45) is 3.81. The van der Waals surface area contributed by atoms with Crippen molar-refractivity contribution in [3.8, 4) is 17.0 Å². The summed E-state index contributed by atoms with van der Waals surface area (Å²) in [5.74, 6) is 0.715. The van der Waals surface area contributed by atoms with Crippen LogP contribution < -0.4 is 4.74 Å². The highest BCUT2D eigenvalue weighted by atomic mass is 35.5. The lowest BCUT2D eigenvalue weighted by molar-refractivity contribution is 0.417. The van der Waals surface area contributed by atoms with Crippen LogP contribution in [0.1, 0.15) is 0 Å². The van der Waals surface area contributed by atoms with Gasteiger partial charge in [-0.3, -0.25) is 0 Å². The van der Waals surface area contributed by atoms with Crippen molar-refractivity contribution in [1.82, 2.24) is 9.38 Å². The quantitative estimate of drug-likeness (QED) is 0.703. The van der Waals surface area contributed by atoms with Crippen LogP contribution in [0.3, 0.4) is 0 Å². The van der Waals surface area contributed by atoms with Crippen LogP contribution in [0.15, 0.2) is 42.7 Å². The molecule has 19 heavy (non-hydrogen) atoms. The van der Waals surface area contributed by atoms with Crippen molar-refractivity contribution in [2.45, 2.75) is 0 Å². The molecule has 5 heteroatoms. The molecule has 0 aliphatic rings. The van der Waals surface area contributed by atoms with Crippen LogP contribution in [0.2, 0.25) is 10.0 Å². The SMILES string of the molecule is COc1cccn2cc(-c3cc(Cl)ccc3Cl)nc12. The third-order valence-corrected chi connectivity index (χ3v) is 3.44. The Hall–Kier alpha value is -1.71. The van der Waals surface area contributed by atoms with E-state index < -0.39 is 0 Å². The molecular formula is C14H10Cl2N2O. The van der Waals surface area contributed by atoms with Crippen molar-refractivity contribution in [1.29, 1.82) is 0 Å². The second kappa shape index (κ2) is 4.76. The normalized spacial score (nSPS) is 10.9. The molecule has 0 unspecified atom stereocenters. The Balaban J connectivity index is 2.23. The summed E-state index contributed by atoms with van der Waals surface area (Å²) in [6.45, 7) is 0. The number of hydrogen-bond donors (Lipinski definition) is 0. The molecule has 0 N–H and O–H groups in total. The maximum atomic E-state index is 6.19. The number of fused-ring (bicyclic) bond motifs is 1. The van der Waals surface area contributed by atoms with Crippen molar-refractivity contribution >= 4 is 28.8 Å². The lowest BCUT2D eigenvalue weighted by atomic mass is 10.2. The van der Waals surface area contributed by atoms with Crippen LogP contribution in [0, 0.1) is 0 Å². The first kappa shape index (κ1) is 12.3. The van der Waals surface area contributed by atoms with Gasteiger partial charge in [0, 0.05) is 23.0 Å². The van der Waals surface area contributed by atoms with Crippen LogP contribution in [-0.4, -0.2) is 16.5 Å². The Labute approximate surface area is 120 Å². The first-order valence-corrected chi connectivity index (χ1v) is 6.42. The van der Waals surface area contributed by atoms with Gasteiger partial charge in [0.1, 0.15) is 0 Å². The van der Waals surface area contributed by atoms with E-state index in [9.17, 15) is 0 Å². The molecule has 3 nitrogen and oxygen atoms in total. The molecule has 3 aromatic rings. The Kier molecular flexibility index (Phi) is 3.09. The van der Waals surface area contributed by atoms with Gasteiger partial charge in [0.25, 0.3) is 0 Å². The maximum absolute atomic E-state index is 6.19. The van der Waals surface area contributed by atoms with Gasteiger partial charge in [0.15, 0.2) is 11.4 Å². The van der Waals surface area contributed by atoms with Crippen molar-refractivity contribution < 1.29 is 4.74 Å². The molecule has 0 amide bonds. The summed E-state index contributed by atoms with van der Waals surface area (Å²) in [7, 11) is 1.62. The van der Waals surface area contributed by atoms with Crippen molar-refractivity contribution in [3.05, 3.63) is 52.8 Å². The number of imidazole rings is 1. The summed E-state index contributed by atoms with van der Waals surface area (Å²) >= 11 is 12.2. The molecule has 2 heterocycles. The molecule has 0 atom stereocenters. The second-order valence-corrected chi connectivity index (χ2v) is 4.90. The number of ether oxygens (including phenoxy) is 1. The van der Waals surface area contributed by atoms with Gasteiger partial charge in [-0.15, -0.1) is 0 Å². The predicted octanol–water partition coefficient (Wildman–Crippen LogP) is 4.32. The van der Waals surface area contributed by atoms with E-state index in [1.165, 1.54) is 0 Å². The fourth-order valence-corrected chi connectivity index (χ4v) is 2.36. The monoisotopic (exact) mass is 292 g/mol. The molecule has 96 valence electrons. The topological polar surface area (TPSA) is 26.5 Å². The molecule has 0 fully saturated rings. The Morgan fingerprint density at radius 1 is 1.21 bits per heavy atom. The number of pyridine rings is 1. The number of halogens is 2. The zero-order chi connectivity index (χ0) is 13.4. The van der Waals surface area contributed by atoms with Gasteiger partial charge in [-0.2, -0.15) is 0 Å². The largest absolute Gasteiger partial charge is 0.493 e. The highest BCUT2D eigenvalue weighted by molar-refractivity contribution is 6.35. The summed E-state index contributed by atoms with van der Waals surface area (Å²) < 4.78 is 7.18. The average Bonchev–Trinajstić information content (AvgIpc) is 2.85. The van der Waals surface area contributed by atoms with E-state index in [0.29, 0.717) is 15.8 Å². The number of rotatable bonds is 2. The van der Waals surface area contributed by atoms with Crippen LogP contribution in [0.4, 0.5) is 0 Å². The lowest BCUT2D eigenvalue weighted by Gasteiger charge is -2.00. The molecule has 0 bridgehead atoms. The van der Waals surface area contributed by atoms with Crippen LogP contribution in [0.5, 0.6) is 5.75 Å². The molecule has 2 aromatic heterocycles. The molecule has 3 rings (SSSR count). The molecule has 0 spiro atoms. The summed E-state index contributed by atoms with van der Waals surface area (Å²) in [6, 6.07) is 9.09. The van der Waals surface area contributed by atoms with E-state index in [1.807, 2.05) is 28.9 Å². The van der Waals surface area contributed by atoms with E-state index in [-0.39, 0.29) is 0 Å². The van der Waals surface area contributed by atoms with Gasteiger partial charge in [-0.25, -0.2) is 4.98 Å². The molecule has 0 radical (unpaired) electrons. The fourth-order valence-electron chi connectivity index (χ4n) is 1.97. The van der Waals surface area contributed by atoms with Gasteiger partial charge in [-0.05, 0) is 30.3 Å². The third-order valence-electron chi connectivity index (χ3n) is 2.87. The standard InChI is InChI=1S/C14H10Cl2N2O/c1-19-13-3-2-6-18-8-12(17-14(13)18)10-7-9(15)4-5-11(10)16/h2-8H,1H3. The Morgan fingerprint density at radius 2 is 2.05 bits per heavy atom. The van der Waals surface area contributed by atoms with Crippen LogP contribution >= 0.6 is 23.2 Å². The highest BCUT2D eigenvalue weighted by Gasteiger charge is 2.11. The highest BCUT2D eigenvalue weighted by Crippen LogP contribution is 2.31. The van der Waals surface area contributed by atoms with E-state index >= 15 is 0 Å². The molecule has 0 saturated heterocycles. The summed E-state index contributed by atoms with van der Waals surface area (Å²) in [5.41, 5.74) is 2.31. The zero-order valence-electron chi connectivity index (χ0n) is 10.1. The van der Waals surface area contributed by atoms with E-state index in [4.69, 9.17) is 27.9 Å². The Morgan fingerprint density at radius 3 is 2.84 bits per heavy atom. The van der Waals surface area contributed by atoms with Gasteiger partial charge in [0.05, 0.1) is 17.8 Å². The predicted molar refractivity (Wildman–Crippen MR) is 77.2 cm³/mol. The number of benzene rings is 1.